The fraction of sp³-hybridized carbons (Fsp3) is 0.727. The van der Waals surface area contributed by atoms with Gasteiger partial charge in [0.05, 0.1) is 5.69 Å². The largest absolute Gasteiger partial charge is 0.332 e. The molecule has 0 bridgehead atoms. The van der Waals surface area contributed by atoms with Gasteiger partial charge in [0.1, 0.15) is 5.82 Å². The van der Waals surface area contributed by atoms with Crippen LogP contribution in [0.3, 0.4) is 0 Å². The van der Waals surface area contributed by atoms with E-state index in [4.69, 9.17) is 4.98 Å². The standard InChI is InChI=1S/C11H18N2/c1-4-10-9(3)13-7-5-6-8(2)11(13)12-10/h8H,4-7H2,1-3H3. The Kier molecular flexibility index (Phi) is 2.14. The molecule has 0 aromatic carbocycles. The van der Waals surface area contributed by atoms with Crippen molar-refractivity contribution in [3.8, 4) is 0 Å². The van der Waals surface area contributed by atoms with Crippen LogP contribution in [0.5, 0.6) is 0 Å². The zero-order valence-electron chi connectivity index (χ0n) is 8.80. The lowest BCUT2D eigenvalue weighted by atomic mass is 10.0. The van der Waals surface area contributed by atoms with Gasteiger partial charge < -0.3 is 4.57 Å². The molecule has 1 aliphatic rings. The Morgan fingerprint density at radius 2 is 2.31 bits per heavy atom. The molecule has 13 heavy (non-hydrogen) atoms. The number of hydrogen-bond acceptors (Lipinski definition) is 1. The van der Waals surface area contributed by atoms with Crippen molar-refractivity contribution < 1.29 is 0 Å². The molecular weight excluding hydrogens is 160 g/mol. The van der Waals surface area contributed by atoms with E-state index in [0.717, 1.165) is 6.42 Å². The maximum Gasteiger partial charge on any atom is 0.112 e. The molecule has 72 valence electrons. The van der Waals surface area contributed by atoms with Gasteiger partial charge in [0.2, 0.25) is 0 Å². The second kappa shape index (κ2) is 3.17. The third kappa shape index (κ3) is 1.28. The highest BCUT2D eigenvalue weighted by Crippen LogP contribution is 2.28. The van der Waals surface area contributed by atoms with Gasteiger partial charge in [-0.3, -0.25) is 0 Å². The minimum atomic E-state index is 0.660. The van der Waals surface area contributed by atoms with E-state index in [0.29, 0.717) is 5.92 Å². The number of hydrogen-bond donors (Lipinski definition) is 0. The number of rotatable bonds is 1. The number of aryl methyl sites for hydroxylation is 1. The molecule has 0 radical (unpaired) electrons. The fourth-order valence-corrected chi connectivity index (χ4v) is 2.29. The third-order valence-electron chi connectivity index (χ3n) is 3.14. The van der Waals surface area contributed by atoms with Crippen LogP contribution in [0.4, 0.5) is 0 Å². The molecule has 2 heteroatoms. The van der Waals surface area contributed by atoms with Crippen LogP contribution < -0.4 is 0 Å². The summed E-state index contributed by atoms with van der Waals surface area (Å²) in [6, 6.07) is 0. The lowest BCUT2D eigenvalue weighted by Gasteiger charge is -2.20. The maximum absolute atomic E-state index is 4.71. The Labute approximate surface area is 80.0 Å². The molecule has 2 heterocycles. The highest BCUT2D eigenvalue weighted by molar-refractivity contribution is 5.19. The van der Waals surface area contributed by atoms with Gasteiger partial charge in [-0.1, -0.05) is 13.8 Å². The molecule has 0 spiro atoms. The minimum absolute atomic E-state index is 0.660. The summed E-state index contributed by atoms with van der Waals surface area (Å²) in [4.78, 5) is 4.71. The molecule has 1 unspecified atom stereocenters. The molecule has 1 aromatic rings. The minimum Gasteiger partial charge on any atom is -0.332 e. The Bertz CT molecular complexity index is 312. The van der Waals surface area contributed by atoms with Crippen molar-refractivity contribution in [3.05, 3.63) is 17.2 Å². The first-order chi connectivity index (χ1) is 6.24. The lowest BCUT2D eigenvalue weighted by molar-refractivity contribution is 0.458. The first-order valence-electron chi connectivity index (χ1n) is 5.30. The monoisotopic (exact) mass is 178 g/mol. The zero-order valence-corrected chi connectivity index (χ0v) is 8.80. The summed E-state index contributed by atoms with van der Waals surface area (Å²) in [5, 5.41) is 0. The van der Waals surface area contributed by atoms with Crippen molar-refractivity contribution in [2.75, 3.05) is 0 Å². The number of fused-ring (bicyclic) bond motifs is 1. The Hall–Kier alpha value is -0.790. The van der Waals surface area contributed by atoms with E-state index in [-0.39, 0.29) is 0 Å². The van der Waals surface area contributed by atoms with Crippen molar-refractivity contribution in [2.24, 2.45) is 0 Å². The normalized spacial score (nSPS) is 21.6. The average Bonchev–Trinajstić information content (AvgIpc) is 2.45. The first-order valence-corrected chi connectivity index (χ1v) is 5.30. The Morgan fingerprint density at radius 3 is 2.92 bits per heavy atom. The van der Waals surface area contributed by atoms with Crippen LogP contribution in [-0.2, 0) is 13.0 Å². The zero-order chi connectivity index (χ0) is 9.42. The topological polar surface area (TPSA) is 17.8 Å². The average molecular weight is 178 g/mol. The summed E-state index contributed by atoms with van der Waals surface area (Å²) >= 11 is 0. The van der Waals surface area contributed by atoms with Gasteiger partial charge >= 0.3 is 0 Å². The van der Waals surface area contributed by atoms with Crippen LogP contribution >= 0.6 is 0 Å². The molecule has 0 saturated heterocycles. The Morgan fingerprint density at radius 1 is 1.54 bits per heavy atom. The van der Waals surface area contributed by atoms with Crippen LogP contribution in [0.25, 0.3) is 0 Å². The number of aromatic nitrogens is 2. The van der Waals surface area contributed by atoms with Crippen molar-refractivity contribution in [3.63, 3.8) is 0 Å². The van der Waals surface area contributed by atoms with E-state index in [1.54, 1.807) is 0 Å². The molecular formula is C11H18N2. The van der Waals surface area contributed by atoms with Gasteiger partial charge in [-0.25, -0.2) is 4.98 Å². The van der Waals surface area contributed by atoms with E-state index >= 15 is 0 Å². The summed E-state index contributed by atoms with van der Waals surface area (Å²) in [6.07, 6.45) is 3.69. The molecule has 0 aliphatic carbocycles. The third-order valence-corrected chi connectivity index (χ3v) is 3.14. The SMILES string of the molecule is CCc1nc2n(c1C)CCCC2C. The van der Waals surface area contributed by atoms with E-state index in [2.05, 4.69) is 25.3 Å². The molecule has 1 atom stereocenters. The van der Waals surface area contributed by atoms with Crippen molar-refractivity contribution in [1.29, 1.82) is 0 Å². The van der Waals surface area contributed by atoms with Crippen LogP contribution in [0, 0.1) is 6.92 Å². The number of nitrogens with zero attached hydrogens (tertiary/aromatic N) is 2. The van der Waals surface area contributed by atoms with E-state index < -0.39 is 0 Å². The first kappa shape index (κ1) is 8.79. The maximum atomic E-state index is 4.71. The van der Waals surface area contributed by atoms with E-state index in [9.17, 15) is 0 Å². The van der Waals surface area contributed by atoms with Gasteiger partial charge in [0.15, 0.2) is 0 Å². The second-order valence-corrected chi connectivity index (χ2v) is 4.05. The molecule has 0 amide bonds. The molecule has 2 rings (SSSR count). The van der Waals surface area contributed by atoms with Gasteiger partial charge in [-0.2, -0.15) is 0 Å². The second-order valence-electron chi connectivity index (χ2n) is 4.05. The highest BCUT2D eigenvalue weighted by Gasteiger charge is 2.21. The highest BCUT2D eigenvalue weighted by atomic mass is 15.1. The quantitative estimate of drug-likeness (QED) is 0.646. The summed E-state index contributed by atoms with van der Waals surface area (Å²) in [7, 11) is 0. The Balaban J connectivity index is 2.48. The van der Waals surface area contributed by atoms with Gasteiger partial charge in [0, 0.05) is 18.2 Å². The molecule has 1 aromatic heterocycles. The summed E-state index contributed by atoms with van der Waals surface area (Å²) < 4.78 is 2.41. The fourth-order valence-electron chi connectivity index (χ4n) is 2.29. The molecule has 0 N–H and O–H groups in total. The van der Waals surface area contributed by atoms with E-state index in [1.807, 2.05) is 0 Å². The predicted molar refractivity (Wildman–Crippen MR) is 54.0 cm³/mol. The van der Waals surface area contributed by atoms with Crippen molar-refractivity contribution in [2.45, 2.75) is 52.5 Å². The molecule has 0 saturated carbocycles. The van der Waals surface area contributed by atoms with Crippen molar-refractivity contribution in [1.82, 2.24) is 9.55 Å². The summed E-state index contributed by atoms with van der Waals surface area (Å²) in [5.74, 6) is 1.98. The van der Waals surface area contributed by atoms with Gasteiger partial charge in [0.25, 0.3) is 0 Å². The van der Waals surface area contributed by atoms with Crippen molar-refractivity contribution >= 4 is 0 Å². The predicted octanol–water partition coefficient (Wildman–Crippen LogP) is 2.65. The van der Waals surface area contributed by atoms with Gasteiger partial charge in [-0.15, -0.1) is 0 Å². The molecule has 2 nitrogen and oxygen atoms in total. The smallest absolute Gasteiger partial charge is 0.112 e. The summed E-state index contributed by atoms with van der Waals surface area (Å²) in [6.45, 7) is 7.86. The summed E-state index contributed by atoms with van der Waals surface area (Å²) in [5.41, 5.74) is 2.69. The van der Waals surface area contributed by atoms with Crippen LogP contribution in [0.1, 0.15) is 49.8 Å². The van der Waals surface area contributed by atoms with Crippen LogP contribution in [0.2, 0.25) is 0 Å². The van der Waals surface area contributed by atoms with Crippen LogP contribution in [-0.4, -0.2) is 9.55 Å². The molecule has 0 fully saturated rings. The molecule has 1 aliphatic heterocycles. The number of imidazole rings is 1. The van der Waals surface area contributed by atoms with E-state index in [1.165, 1.54) is 36.6 Å². The lowest BCUT2D eigenvalue weighted by Crippen LogP contribution is -2.14. The van der Waals surface area contributed by atoms with Gasteiger partial charge in [-0.05, 0) is 26.2 Å². The van der Waals surface area contributed by atoms with Crippen LogP contribution in [0.15, 0.2) is 0 Å².